The Bertz CT molecular complexity index is 392. The van der Waals surface area contributed by atoms with E-state index in [4.69, 9.17) is 6.42 Å². The SMILES string of the molecule is C#CCN(CCC)Cc1csc(CNCC(C)C)n1. The maximum Gasteiger partial charge on any atom is 0.107 e. The molecule has 1 heterocycles. The highest BCUT2D eigenvalue weighted by Gasteiger charge is 2.07. The van der Waals surface area contributed by atoms with Crippen LogP contribution in [-0.4, -0.2) is 29.5 Å². The molecule has 1 rings (SSSR count). The van der Waals surface area contributed by atoms with Crippen LogP contribution in [0.25, 0.3) is 0 Å². The molecule has 106 valence electrons. The standard InChI is InChI=1S/C15H25N3S/c1-5-7-18(8-6-2)11-14-12-19-15(17-14)10-16-9-13(3)4/h1,12-13,16H,6-11H2,2-4H3. The van der Waals surface area contributed by atoms with Gasteiger partial charge in [0.25, 0.3) is 0 Å². The Morgan fingerprint density at radius 3 is 2.95 bits per heavy atom. The summed E-state index contributed by atoms with van der Waals surface area (Å²) >= 11 is 1.73. The van der Waals surface area contributed by atoms with Crippen LogP contribution in [0.15, 0.2) is 5.38 Å². The van der Waals surface area contributed by atoms with E-state index in [1.165, 1.54) is 0 Å². The predicted molar refractivity (Wildman–Crippen MR) is 83.1 cm³/mol. The topological polar surface area (TPSA) is 28.2 Å². The van der Waals surface area contributed by atoms with Crippen LogP contribution in [0.5, 0.6) is 0 Å². The first-order valence-corrected chi connectivity index (χ1v) is 7.83. The van der Waals surface area contributed by atoms with Gasteiger partial charge in [0.15, 0.2) is 0 Å². The molecule has 0 saturated carbocycles. The van der Waals surface area contributed by atoms with E-state index in [9.17, 15) is 0 Å². The number of terminal acetylenes is 1. The van der Waals surface area contributed by atoms with Crippen LogP contribution in [0.1, 0.15) is 37.9 Å². The Morgan fingerprint density at radius 2 is 2.32 bits per heavy atom. The Balaban J connectivity index is 2.42. The molecule has 0 aliphatic carbocycles. The van der Waals surface area contributed by atoms with Crippen LogP contribution >= 0.6 is 11.3 Å². The molecule has 0 radical (unpaired) electrons. The second-order valence-electron chi connectivity index (χ2n) is 5.17. The average molecular weight is 279 g/mol. The van der Waals surface area contributed by atoms with Crippen molar-refractivity contribution in [2.45, 2.75) is 40.3 Å². The average Bonchev–Trinajstić information content (AvgIpc) is 2.77. The van der Waals surface area contributed by atoms with Crippen molar-refractivity contribution in [3.8, 4) is 12.3 Å². The summed E-state index contributed by atoms with van der Waals surface area (Å²) < 4.78 is 0. The maximum atomic E-state index is 5.39. The minimum absolute atomic E-state index is 0.676. The molecule has 0 aliphatic rings. The Morgan fingerprint density at radius 1 is 1.53 bits per heavy atom. The number of hydrogen-bond donors (Lipinski definition) is 1. The van der Waals surface area contributed by atoms with Crippen LogP contribution in [0.4, 0.5) is 0 Å². The van der Waals surface area contributed by atoms with Crippen molar-refractivity contribution in [3.63, 3.8) is 0 Å². The second-order valence-corrected chi connectivity index (χ2v) is 6.11. The number of nitrogens with zero attached hydrogens (tertiary/aromatic N) is 2. The van der Waals surface area contributed by atoms with E-state index in [-0.39, 0.29) is 0 Å². The summed E-state index contributed by atoms with van der Waals surface area (Å²) in [5.74, 6) is 3.39. The van der Waals surface area contributed by atoms with E-state index in [1.54, 1.807) is 11.3 Å². The van der Waals surface area contributed by atoms with Gasteiger partial charge in [-0.25, -0.2) is 4.98 Å². The van der Waals surface area contributed by atoms with E-state index in [0.29, 0.717) is 12.5 Å². The molecule has 1 N–H and O–H groups in total. The molecule has 0 atom stereocenters. The van der Waals surface area contributed by atoms with E-state index in [1.807, 2.05) is 0 Å². The normalized spacial score (nSPS) is 11.2. The van der Waals surface area contributed by atoms with E-state index in [0.717, 1.165) is 43.3 Å². The van der Waals surface area contributed by atoms with Crippen LogP contribution in [0.3, 0.4) is 0 Å². The number of hydrogen-bond acceptors (Lipinski definition) is 4. The summed E-state index contributed by atoms with van der Waals surface area (Å²) in [5.41, 5.74) is 1.13. The zero-order valence-electron chi connectivity index (χ0n) is 12.3. The lowest BCUT2D eigenvalue weighted by atomic mass is 10.2. The number of aromatic nitrogens is 1. The minimum atomic E-state index is 0.676. The van der Waals surface area contributed by atoms with Crippen molar-refractivity contribution in [1.82, 2.24) is 15.2 Å². The molecule has 0 bridgehead atoms. The maximum absolute atomic E-state index is 5.39. The van der Waals surface area contributed by atoms with Crippen molar-refractivity contribution in [2.75, 3.05) is 19.6 Å². The molecule has 0 spiro atoms. The molecule has 0 unspecified atom stereocenters. The summed E-state index contributed by atoms with van der Waals surface area (Å²) in [4.78, 5) is 6.92. The van der Waals surface area contributed by atoms with Crippen LogP contribution in [0, 0.1) is 18.3 Å². The zero-order chi connectivity index (χ0) is 14.1. The van der Waals surface area contributed by atoms with Gasteiger partial charge >= 0.3 is 0 Å². The molecule has 0 aromatic carbocycles. The Labute approximate surface area is 121 Å². The molecule has 1 aromatic rings. The van der Waals surface area contributed by atoms with Crippen LogP contribution in [0.2, 0.25) is 0 Å². The first kappa shape index (κ1) is 16.2. The first-order chi connectivity index (χ1) is 9.15. The highest BCUT2D eigenvalue weighted by atomic mass is 32.1. The monoisotopic (exact) mass is 279 g/mol. The molecule has 0 aliphatic heterocycles. The number of rotatable bonds is 9. The van der Waals surface area contributed by atoms with Gasteiger partial charge in [-0.05, 0) is 25.4 Å². The van der Waals surface area contributed by atoms with Gasteiger partial charge in [0.05, 0.1) is 12.2 Å². The summed E-state index contributed by atoms with van der Waals surface area (Å²) in [6.07, 6.45) is 6.51. The molecule has 4 heteroatoms. The zero-order valence-corrected chi connectivity index (χ0v) is 13.1. The van der Waals surface area contributed by atoms with Gasteiger partial charge in [-0.3, -0.25) is 4.90 Å². The third-order valence-electron chi connectivity index (χ3n) is 2.67. The van der Waals surface area contributed by atoms with Crippen molar-refractivity contribution >= 4 is 11.3 Å². The molecule has 0 fully saturated rings. The molecule has 19 heavy (non-hydrogen) atoms. The fourth-order valence-electron chi connectivity index (χ4n) is 1.86. The van der Waals surface area contributed by atoms with Crippen molar-refractivity contribution in [2.24, 2.45) is 5.92 Å². The Hall–Kier alpha value is -0.890. The predicted octanol–water partition coefficient (Wildman–Crippen LogP) is 2.73. The molecular formula is C15H25N3S. The highest BCUT2D eigenvalue weighted by Crippen LogP contribution is 2.12. The van der Waals surface area contributed by atoms with Gasteiger partial charge in [-0.15, -0.1) is 17.8 Å². The lowest BCUT2D eigenvalue weighted by Gasteiger charge is -2.17. The highest BCUT2D eigenvalue weighted by molar-refractivity contribution is 7.09. The van der Waals surface area contributed by atoms with Gasteiger partial charge in [0, 0.05) is 18.5 Å². The third kappa shape index (κ3) is 6.72. The van der Waals surface area contributed by atoms with Gasteiger partial charge in [0.2, 0.25) is 0 Å². The van der Waals surface area contributed by atoms with Gasteiger partial charge in [0.1, 0.15) is 5.01 Å². The first-order valence-electron chi connectivity index (χ1n) is 6.95. The lowest BCUT2D eigenvalue weighted by molar-refractivity contribution is 0.296. The van der Waals surface area contributed by atoms with Gasteiger partial charge < -0.3 is 5.32 Å². The van der Waals surface area contributed by atoms with E-state index < -0.39 is 0 Å². The van der Waals surface area contributed by atoms with Crippen molar-refractivity contribution in [1.29, 1.82) is 0 Å². The lowest BCUT2D eigenvalue weighted by Crippen LogP contribution is -2.24. The molecule has 0 saturated heterocycles. The third-order valence-corrected chi connectivity index (χ3v) is 3.57. The summed E-state index contributed by atoms with van der Waals surface area (Å²) in [6.45, 7) is 11.1. The quantitative estimate of drug-likeness (QED) is 0.705. The van der Waals surface area contributed by atoms with E-state index in [2.05, 4.69) is 47.3 Å². The van der Waals surface area contributed by atoms with E-state index >= 15 is 0 Å². The molecule has 0 amide bonds. The molecule has 1 aromatic heterocycles. The molecular weight excluding hydrogens is 254 g/mol. The van der Waals surface area contributed by atoms with Crippen molar-refractivity contribution in [3.05, 3.63) is 16.1 Å². The van der Waals surface area contributed by atoms with Crippen LogP contribution in [-0.2, 0) is 13.1 Å². The van der Waals surface area contributed by atoms with Gasteiger partial charge in [-0.2, -0.15) is 0 Å². The summed E-state index contributed by atoms with van der Waals surface area (Å²) in [7, 11) is 0. The van der Waals surface area contributed by atoms with Gasteiger partial charge in [-0.1, -0.05) is 26.7 Å². The van der Waals surface area contributed by atoms with Crippen LogP contribution < -0.4 is 5.32 Å². The Kier molecular flexibility index (Phi) is 7.73. The largest absolute Gasteiger partial charge is 0.310 e. The number of thiazole rings is 1. The smallest absolute Gasteiger partial charge is 0.107 e. The summed E-state index contributed by atoms with van der Waals surface area (Å²) in [6, 6.07) is 0. The second kappa shape index (κ2) is 9.08. The fourth-order valence-corrected chi connectivity index (χ4v) is 2.61. The summed E-state index contributed by atoms with van der Waals surface area (Å²) in [5, 5.41) is 6.72. The molecule has 3 nitrogen and oxygen atoms in total. The van der Waals surface area contributed by atoms with Crippen molar-refractivity contribution < 1.29 is 0 Å². The minimum Gasteiger partial charge on any atom is -0.310 e. The number of nitrogens with one attached hydrogen (secondary N) is 1. The fraction of sp³-hybridized carbons (Fsp3) is 0.667.